The van der Waals surface area contributed by atoms with Gasteiger partial charge in [-0.15, -0.1) is 0 Å². The number of nitrogens with zero attached hydrogens (tertiary/aromatic N) is 1. The zero-order valence-electron chi connectivity index (χ0n) is 15.8. The molecule has 1 saturated heterocycles. The lowest BCUT2D eigenvalue weighted by atomic mass is 10.2. The summed E-state index contributed by atoms with van der Waals surface area (Å²) < 4.78 is 16.8. The summed E-state index contributed by atoms with van der Waals surface area (Å²) in [5.41, 5.74) is 1.50. The van der Waals surface area contributed by atoms with Crippen LogP contribution in [0.2, 0.25) is 0 Å². The Morgan fingerprint density at radius 2 is 2.07 bits per heavy atom. The first-order valence-electron chi connectivity index (χ1n) is 9.34. The van der Waals surface area contributed by atoms with Gasteiger partial charge in [-0.05, 0) is 56.5 Å². The molecule has 0 bridgehead atoms. The second-order valence-electron chi connectivity index (χ2n) is 6.82. The molecule has 1 fully saturated rings. The van der Waals surface area contributed by atoms with E-state index in [1.54, 1.807) is 18.3 Å². The third-order valence-corrected chi connectivity index (χ3v) is 4.18. The second-order valence-corrected chi connectivity index (χ2v) is 6.82. The van der Waals surface area contributed by atoms with Crippen molar-refractivity contribution in [1.82, 2.24) is 10.3 Å². The molecule has 0 saturated carbocycles. The molecule has 1 amide bonds. The Balaban J connectivity index is 1.46. The van der Waals surface area contributed by atoms with Gasteiger partial charge in [0.15, 0.2) is 0 Å². The van der Waals surface area contributed by atoms with Gasteiger partial charge in [0.2, 0.25) is 5.88 Å². The molecule has 6 heteroatoms. The maximum atomic E-state index is 12.3. The monoisotopic (exact) mass is 370 g/mol. The topological polar surface area (TPSA) is 69.7 Å². The Morgan fingerprint density at radius 3 is 2.70 bits per heavy atom. The maximum Gasteiger partial charge on any atom is 0.251 e. The third-order valence-electron chi connectivity index (χ3n) is 4.18. The minimum Gasteiger partial charge on any atom is -0.491 e. The van der Waals surface area contributed by atoms with Crippen LogP contribution in [0.1, 0.15) is 42.6 Å². The molecule has 1 unspecified atom stereocenters. The SMILES string of the molecule is CC(C)Oc1ccc(CNC(=O)c2ccc(OCC3CCCO3)cc2)cn1. The third kappa shape index (κ3) is 5.96. The lowest BCUT2D eigenvalue weighted by molar-refractivity contribution is 0.0679. The van der Waals surface area contributed by atoms with Crippen LogP contribution in [0.3, 0.4) is 0 Å². The van der Waals surface area contributed by atoms with E-state index in [9.17, 15) is 4.79 Å². The van der Waals surface area contributed by atoms with Crippen LogP contribution in [-0.4, -0.2) is 36.3 Å². The van der Waals surface area contributed by atoms with E-state index < -0.39 is 0 Å². The van der Waals surface area contributed by atoms with E-state index in [4.69, 9.17) is 14.2 Å². The van der Waals surface area contributed by atoms with Crippen LogP contribution in [0.25, 0.3) is 0 Å². The fourth-order valence-corrected chi connectivity index (χ4v) is 2.78. The first kappa shape index (κ1) is 19.2. The highest BCUT2D eigenvalue weighted by atomic mass is 16.5. The number of benzene rings is 1. The molecule has 0 radical (unpaired) electrons. The van der Waals surface area contributed by atoms with Crippen molar-refractivity contribution in [2.45, 2.75) is 45.4 Å². The van der Waals surface area contributed by atoms with Gasteiger partial charge >= 0.3 is 0 Å². The standard InChI is InChI=1S/C21H26N2O4/c1-15(2)27-20-10-5-16(12-22-20)13-23-21(24)17-6-8-18(9-7-17)26-14-19-4-3-11-25-19/h5-10,12,15,19H,3-4,11,13-14H2,1-2H3,(H,23,24). The highest BCUT2D eigenvalue weighted by Crippen LogP contribution is 2.17. The van der Waals surface area contributed by atoms with Crippen molar-refractivity contribution < 1.29 is 19.0 Å². The van der Waals surface area contributed by atoms with Gasteiger partial charge in [0.1, 0.15) is 12.4 Å². The minimum absolute atomic E-state index is 0.0840. The molecule has 3 rings (SSSR count). The number of nitrogens with one attached hydrogen (secondary N) is 1. The predicted octanol–water partition coefficient (Wildman–Crippen LogP) is 3.36. The van der Waals surface area contributed by atoms with E-state index in [1.165, 1.54) is 0 Å². The van der Waals surface area contributed by atoms with E-state index in [1.807, 2.05) is 38.1 Å². The average Bonchev–Trinajstić information content (AvgIpc) is 3.19. The number of pyridine rings is 1. The summed E-state index contributed by atoms with van der Waals surface area (Å²) in [6.45, 7) is 5.68. The molecule has 2 heterocycles. The van der Waals surface area contributed by atoms with Crippen molar-refractivity contribution in [2.75, 3.05) is 13.2 Å². The predicted molar refractivity (Wildman–Crippen MR) is 102 cm³/mol. The molecular weight excluding hydrogens is 344 g/mol. The van der Waals surface area contributed by atoms with Gasteiger partial charge in [0, 0.05) is 31.0 Å². The Kier molecular flexibility index (Phi) is 6.65. The number of amides is 1. The van der Waals surface area contributed by atoms with Gasteiger partial charge in [-0.3, -0.25) is 4.79 Å². The van der Waals surface area contributed by atoms with Crippen LogP contribution < -0.4 is 14.8 Å². The van der Waals surface area contributed by atoms with Crippen molar-refractivity contribution in [3.05, 3.63) is 53.7 Å². The minimum atomic E-state index is -0.136. The summed E-state index contributed by atoms with van der Waals surface area (Å²) in [5, 5.41) is 2.89. The summed E-state index contributed by atoms with van der Waals surface area (Å²) in [6, 6.07) is 10.8. The van der Waals surface area contributed by atoms with Gasteiger partial charge in [-0.25, -0.2) is 4.98 Å². The van der Waals surface area contributed by atoms with E-state index in [0.29, 0.717) is 24.6 Å². The molecule has 1 N–H and O–H groups in total. The largest absolute Gasteiger partial charge is 0.491 e. The number of carbonyl (C=O) groups is 1. The van der Waals surface area contributed by atoms with Gasteiger partial charge in [-0.2, -0.15) is 0 Å². The highest BCUT2D eigenvalue weighted by Gasteiger charge is 2.16. The molecular formula is C21H26N2O4. The van der Waals surface area contributed by atoms with Crippen LogP contribution >= 0.6 is 0 Å². The zero-order chi connectivity index (χ0) is 19.1. The normalized spacial score (nSPS) is 16.3. The summed E-state index contributed by atoms with van der Waals surface area (Å²) in [4.78, 5) is 16.5. The molecule has 144 valence electrons. The summed E-state index contributed by atoms with van der Waals surface area (Å²) in [7, 11) is 0. The van der Waals surface area contributed by atoms with Crippen molar-refractivity contribution in [3.63, 3.8) is 0 Å². The van der Waals surface area contributed by atoms with Crippen molar-refractivity contribution in [3.8, 4) is 11.6 Å². The lowest BCUT2D eigenvalue weighted by Crippen LogP contribution is -2.22. The Labute approximate surface area is 159 Å². The molecule has 0 spiro atoms. The highest BCUT2D eigenvalue weighted by molar-refractivity contribution is 5.94. The van der Waals surface area contributed by atoms with E-state index >= 15 is 0 Å². The molecule has 1 aliphatic rings. The van der Waals surface area contributed by atoms with Gasteiger partial charge in [-0.1, -0.05) is 6.07 Å². The van der Waals surface area contributed by atoms with Crippen molar-refractivity contribution in [2.24, 2.45) is 0 Å². The summed E-state index contributed by atoms with van der Waals surface area (Å²) in [5.74, 6) is 1.19. The van der Waals surface area contributed by atoms with Crippen LogP contribution in [0.5, 0.6) is 11.6 Å². The number of hydrogen-bond donors (Lipinski definition) is 1. The van der Waals surface area contributed by atoms with Crippen LogP contribution in [0, 0.1) is 0 Å². The number of ether oxygens (including phenoxy) is 3. The fraction of sp³-hybridized carbons (Fsp3) is 0.429. The quantitative estimate of drug-likeness (QED) is 0.772. The van der Waals surface area contributed by atoms with Crippen LogP contribution in [-0.2, 0) is 11.3 Å². The summed E-state index contributed by atoms with van der Waals surface area (Å²) >= 11 is 0. The number of aromatic nitrogens is 1. The molecule has 1 aromatic carbocycles. The molecule has 1 aromatic heterocycles. The molecule has 1 aliphatic heterocycles. The van der Waals surface area contributed by atoms with E-state index in [2.05, 4.69) is 10.3 Å². The smallest absolute Gasteiger partial charge is 0.251 e. The number of rotatable bonds is 8. The van der Waals surface area contributed by atoms with E-state index in [-0.39, 0.29) is 18.1 Å². The molecule has 2 aromatic rings. The van der Waals surface area contributed by atoms with Gasteiger partial charge < -0.3 is 19.5 Å². The number of hydrogen-bond acceptors (Lipinski definition) is 5. The maximum absolute atomic E-state index is 12.3. The molecule has 6 nitrogen and oxygen atoms in total. The van der Waals surface area contributed by atoms with Gasteiger partial charge in [0.05, 0.1) is 12.2 Å². The van der Waals surface area contributed by atoms with Crippen LogP contribution in [0.4, 0.5) is 0 Å². The Hall–Kier alpha value is -2.60. The molecule has 0 aliphatic carbocycles. The Bertz CT molecular complexity index is 723. The fourth-order valence-electron chi connectivity index (χ4n) is 2.78. The van der Waals surface area contributed by atoms with Crippen molar-refractivity contribution in [1.29, 1.82) is 0 Å². The van der Waals surface area contributed by atoms with Crippen LogP contribution in [0.15, 0.2) is 42.6 Å². The summed E-state index contributed by atoms with van der Waals surface area (Å²) in [6.07, 6.45) is 4.11. The molecule has 27 heavy (non-hydrogen) atoms. The zero-order valence-corrected chi connectivity index (χ0v) is 15.8. The average molecular weight is 370 g/mol. The Morgan fingerprint density at radius 1 is 1.26 bits per heavy atom. The first-order chi connectivity index (χ1) is 13.1. The first-order valence-corrected chi connectivity index (χ1v) is 9.34. The lowest BCUT2D eigenvalue weighted by Gasteiger charge is -2.12. The number of carbonyl (C=O) groups excluding carboxylic acids is 1. The van der Waals surface area contributed by atoms with Gasteiger partial charge in [0.25, 0.3) is 5.91 Å². The van der Waals surface area contributed by atoms with Crippen molar-refractivity contribution >= 4 is 5.91 Å². The molecule has 1 atom stereocenters. The van der Waals surface area contributed by atoms with E-state index in [0.717, 1.165) is 30.8 Å². The second kappa shape index (κ2) is 9.37.